The van der Waals surface area contributed by atoms with Gasteiger partial charge in [-0.2, -0.15) is 0 Å². The Hall–Kier alpha value is -2.40. The van der Waals surface area contributed by atoms with Crippen molar-refractivity contribution in [2.45, 2.75) is 12.8 Å². The molecular weight excluding hydrogens is 330 g/mol. The molecule has 1 aliphatic heterocycles. The number of unbranched alkanes of at least 4 members (excludes halogenated alkanes) is 1. The monoisotopic (exact) mass is 347 g/mol. The minimum Gasteiger partial charge on any atom is -0.494 e. The second-order valence-corrected chi connectivity index (χ2v) is 5.79. The quantitative estimate of drug-likeness (QED) is 0.771. The number of hydrogen-bond donors (Lipinski definition) is 1. The first-order valence-corrected chi connectivity index (χ1v) is 8.16. The molecule has 0 aromatic heterocycles. The second-order valence-electron chi connectivity index (χ2n) is 5.35. The maximum Gasteiger partial charge on any atom is 0.262 e. The van der Waals surface area contributed by atoms with Crippen molar-refractivity contribution in [3.05, 3.63) is 47.5 Å². The molecule has 1 aliphatic rings. The van der Waals surface area contributed by atoms with Crippen molar-refractivity contribution in [2.24, 2.45) is 0 Å². The molecule has 126 valence electrons. The lowest BCUT2D eigenvalue weighted by Crippen LogP contribution is -2.25. The summed E-state index contributed by atoms with van der Waals surface area (Å²) in [5, 5.41) is 3.46. The fourth-order valence-electron chi connectivity index (χ4n) is 2.27. The first-order chi connectivity index (χ1) is 11.7. The van der Waals surface area contributed by atoms with E-state index in [1.165, 1.54) is 0 Å². The smallest absolute Gasteiger partial charge is 0.262 e. The van der Waals surface area contributed by atoms with Gasteiger partial charge < -0.3 is 19.5 Å². The molecule has 0 spiro atoms. The normalized spacial score (nSPS) is 12.8. The molecule has 0 radical (unpaired) electrons. The van der Waals surface area contributed by atoms with Crippen LogP contribution in [0.4, 0.5) is 5.69 Å². The molecule has 24 heavy (non-hydrogen) atoms. The van der Waals surface area contributed by atoms with E-state index in [1.54, 1.807) is 24.3 Å². The molecule has 0 fully saturated rings. The average molecular weight is 348 g/mol. The van der Waals surface area contributed by atoms with Crippen molar-refractivity contribution in [3.63, 3.8) is 0 Å². The number of nitrogens with one attached hydrogen (secondary N) is 1. The van der Waals surface area contributed by atoms with Crippen LogP contribution in [0.1, 0.15) is 12.8 Å². The molecular formula is C18H18ClNO4. The van der Waals surface area contributed by atoms with Crippen molar-refractivity contribution in [1.82, 2.24) is 0 Å². The molecule has 1 heterocycles. The van der Waals surface area contributed by atoms with E-state index >= 15 is 0 Å². The van der Waals surface area contributed by atoms with Crippen LogP contribution in [0.25, 0.3) is 0 Å². The van der Waals surface area contributed by atoms with Crippen LogP contribution < -0.4 is 19.5 Å². The number of carbonyl (C=O) groups excluding carboxylic acids is 1. The van der Waals surface area contributed by atoms with Gasteiger partial charge in [0.2, 0.25) is 0 Å². The van der Waals surface area contributed by atoms with Crippen LogP contribution >= 0.6 is 11.6 Å². The van der Waals surface area contributed by atoms with Gasteiger partial charge in [-0.1, -0.05) is 11.6 Å². The van der Waals surface area contributed by atoms with E-state index in [1.807, 2.05) is 18.2 Å². The number of ether oxygens (including phenoxy) is 3. The molecule has 5 nitrogen and oxygen atoms in total. The topological polar surface area (TPSA) is 56.8 Å². The third-order valence-electron chi connectivity index (χ3n) is 3.47. The third kappa shape index (κ3) is 4.55. The zero-order valence-corrected chi connectivity index (χ0v) is 13.8. The van der Waals surface area contributed by atoms with E-state index in [4.69, 9.17) is 25.8 Å². The lowest BCUT2D eigenvalue weighted by Gasteiger charge is -2.18. The minimum absolute atomic E-state index is 0.0564. The Morgan fingerprint density at radius 2 is 1.67 bits per heavy atom. The Morgan fingerprint density at radius 3 is 2.42 bits per heavy atom. The number of amides is 1. The van der Waals surface area contributed by atoms with Crippen LogP contribution in [0.15, 0.2) is 42.5 Å². The third-order valence-corrected chi connectivity index (χ3v) is 3.73. The van der Waals surface area contributed by atoms with Gasteiger partial charge >= 0.3 is 0 Å². The van der Waals surface area contributed by atoms with Crippen LogP contribution in [-0.2, 0) is 4.79 Å². The van der Waals surface area contributed by atoms with Gasteiger partial charge in [0.05, 0.1) is 18.9 Å². The van der Waals surface area contributed by atoms with E-state index in [2.05, 4.69) is 5.32 Å². The van der Waals surface area contributed by atoms with Crippen LogP contribution in [0.5, 0.6) is 17.2 Å². The largest absolute Gasteiger partial charge is 0.494 e. The summed E-state index contributed by atoms with van der Waals surface area (Å²) in [6.45, 7) is 1.26. The molecule has 0 saturated carbocycles. The minimum atomic E-state index is -0.154. The van der Waals surface area contributed by atoms with E-state index in [9.17, 15) is 4.79 Å². The van der Waals surface area contributed by atoms with Crippen LogP contribution in [0, 0.1) is 0 Å². The van der Waals surface area contributed by atoms with Crippen molar-refractivity contribution in [1.29, 1.82) is 0 Å². The summed E-state index contributed by atoms with van der Waals surface area (Å²) in [6, 6.07) is 12.7. The number of benzene rings is 2. The first kappa shape index (κ1) is 16.5. The lowest BCUT2D eigenvalue weighted by molar-refractivity contribution is -0.118. The number of rotatable bonds is 7. The lowest BCUT2D eigenvalue weighted by atomic mass is 10.2. The van der Waals surface area contributed by atoms with Crippen molar-refractivity contribution in [2.75, 3.05) is 25.1 Å². The highest BCUT2D eigenvalue weighted by Gasteiger charge is 2.16. The number of hydrogen-bond acceptors (Lipinski definition) is 4. The first-order valence-electron chi connectivity index (χ1n) is 7.78. The maximum absolute atomic E-state index is 11.3. The fourth-order valence-corrected chi connectivity index (χ4v) is 2.39. The molecule has 3 rings (SSSR count). The molecule has 0 saturated heterocycles. The van der Waals surface area contributed by atoms with Crippen LogP contribution in [0.3, 0.4) is 0 Å². The van der Waals surface area contributed by atoms with Gasteiger partial charge in [0, 0.05) is 11.1 Å². The highest BCUT2D eigenvalue weighted by Crippen LogP contribution is 2.31. The summed E-state index contributed by atoms with van der Waals surface area (Å²) < 4.78 is 16.6. The Labute approximate surface area is 145 Å². The zero-order chi connectivity index (χ0) is 16.8. The predicted octanol–water partition coefficient (Wildman–Crippen LogP) is 3.91. The van der Waals surface area contributed by atoms with Gasteiger partial charge in [0.25, 0.3) is 5.91 Å². The highest BCUT2D eigenvalue weighted by atomic mass is 35.5. The number of fused-ring (bicyclic) bond motifs is 1. The van der Waals surface area contributed by atoms with E-state index in [0.29, 0.717) is 35.4 Å². The summed E-state index contributed by atoms with van der Waals surface area (Å²) in [7, 11) is 0. The summed E-state index contributed by atoms with van der Waals surface area (Å²) >= 11 is 5.82. The van der Waals surface area contributed by atoms with E-state index < -0.39 is 0 Å². The van der Waals surface area contributed by atoms with Gasteiger partial charge in [-0.15, -0.1) is 0 Å². The zero-order valence-electron chi connectivity index (χ0n) is 13.1. The maximum atomic E-state index is 11.3. The van der Waals surface area contributed by atoms with Gasteiger partial charge in [0.1, 0.15) is 17.2 Å². The molecule has 2 aromatic rings. The Kier molecular flexibility index (Phi) is 5.43. The number of halogens is 1. The fraction of sp³-hybridized carbons (Fsp3) is 0.278. The molecule has 6 heteroatoms. The Bertz CT molecular complexity index is 703. The van der Waals surface area contributed by atoms with Gasteiger partial charge in [0.15, 0.2) is 6.61 Å². The summed E-state index contributed by atoms with van der Waals surface area (Å²) in [5.41, 5.74) is 0.648. The van der Waals surface area contributed by atoms with Crippen molar-refractivity contribution >= 4 is 23.2 Å². The summed E-state index contributed by atoms with van der Waals surface area (Å²) in [5.74, 6) is 2.03. The number of carbonyl (C=O) groups is 1. The average Bonchev–Trinajstić information content (AvgIpc) is 2.59. The van der Waals surface area contributed by atoms with Gasteiger partial charge in [-0.05, 0) is 49.2 Å². The molecule has 1 N–H and O–H groups in total. The van der Waals surface area contributed by atoms with E-state index in [-0.39, 0.29) is 12.5 Å². The van der Waals surface area contributed by atoms with Crippen LogP contribution in [-0.4, -0.2) is 25.7 Å². The van der Waals surface area contributed by atoms with Gasteiger partial charge in [-0.25, -0.2) is 0 Å². The standard InChI is InChI=1S/C18H18ClNO4/c19-13-3-5-14(6-4-13)22-9-1-2-10-23-15-7-8-17-16(11-15)20-18(21)12-24-17/h3-8,11H,1-2,9-10,12H2,(H,20,21). The van der Waals surface area contributed by atoms with Crippen molar-refractivity contribution < 1.29 is 19.0 Å². The van der Waals surface area contributed by atoms with Gasteiger partial charge in [-0.3, -0.25) is 4.79 Å². The van der Waals surface area contributed by atoms with Crippen molar-refractivity contribution in [3.8, 4) is 17.2 Å². The van der Waals surface area contributed by atoms with E-state index in [0.717, 1.165) is 18.6 Å². The molecule has 0 aliphatic carbocycles. The highest BCUT2D eigenvalue weighted by molar-refractivity contribution is 6.30. The molecule has 0 unspecified atom stereocenters. The molecule has 0 atom stereocenters. The Morgan fingerprint density at radius 1 is 1.00 bits per heavy atom. The molecule has 2 aromatic carbocycles. The Balaban J connectivity index is 1.37. The second kappa shape index (κ2) is 7.93. The molecule has 1 amide bonds. The van der Waals surface area contributed by atoms with Crippen LogP contribution in [0.2, 0.25) is 5.02 Å². The number of anilines is 1. The predicted molar refractivity (Wildman–Crippen MR) is 92.2 cm³/mol. The summed E-state index contributed by atoms with van der Waals surface area (Å²) in [6.07, 6.45) is 1.75. The molecule has 0 bridgehead atoms. The summed E-state index contributed by atoms with van der Waals surface area (Å²) in [4.78, 5) is 11.3. The SMILES string of the molecule is O=C1COc2ccc(OCCCCOc3ccc(Cl)cc3)cc2N1.